The number of fused-ring (bicyclic) bond motifs is 2. The third-order valence-electron chi connectivity index (χ3n) is 4.11. The minimum absolute atomic E-state index is 0.0463. The van der Waals surface area contributed by atoms with Gasteiger partial charge in [-0.05, 0) is 31.6 Å². The Hall–Kier alpha value is -1.50. The summed E-state index contributed by atoms with van der Waals surface area (Å²) >= 11 is 1.04. The number of carbonyl (C=O) groups excluding carboxylic acids is 1. The molecule has 2 unspecified atom stereocenters. The van der Waals surface area contributed by atoms with Gasteiger partial charge in [-0.15, -0.1) is 0 Å². The fraction of sp³-hybridized carbons (Fsp3) is 0.667. The summed E-state index contributed by atoms with van der Waals surface area (Å²) in [6.07, 6.45) is 5.27. The molecule has 2 atom stereocenters. The second-order valence-electron chi connectivity index (χ2n) is 5.33. The van der Waals surface area contributed by atoms with Gasteiger partial charge in [-0.25, -0.2) is 0 Å². The summed E-state index contributed by atoms with van der Waals surface area (Å²) in [6, 6.07) is 0.356. The van der Waals surface area contributed by atoms with Crippen LogP contribution in [0.4, 0.5) is 0 Å². The Morgan fingerprint density at radius 1 is 1.37 bits per heavy atom. The predicted molar refractivity (Wildman–Crippen MR) is 67.9 cm³/mol. The van der Waals surface area contributed by atoms with Crippen LogP contribution in [0.5, 0.6) is 0 Å². The number of hydrogen-bond donors (Lipinski definition) is 1. The van der Waals surface area contributed by atoms with Crippen LogP contribution in [0.1, 0.15) is 42.6 Å². The molecule has 19 heavy (non-hydrogen) atoms. The number of carbonyl (C=O) groups is 2. The van der Waals surface area contributed by atoms with E-state index in [9.17, 15) is 9.59 Å². The highest BCUT2D eigenvalue weighted by atomic mass is 32.1. The van der Waals surface area contributed by atoms with Gasteiger partial charge in [-0.2, -0.15) is 8.75 Å². The third kappa shape index (κ3) is 2.34. The Labute approximate surface area is 114 Å². The van der Waals surface area contributed by atoms with E-state index in [4.69, 9.17) is 5.11 Å². The van der Waals surface area contributed by atoms with Gasteiger partial charge in [0.05, 0.1) is 17.9 Å². The van der Waals surface area contributed by atoms with Gasteiger partial charge in [0.15, 0.2) is 5.69 Å². The van der Waals surface area contributed by atoms with E-state index in [0.717, 1.165) is 37.4 Å². The van der Waals surface area contributed by atoms with E-state index in [1.54, 1.807) is 0 Å². The molecule has 7 heteroatoms. The van der Waals surface area contributed by atoms with Crippen LogP contribution < -0.4 is 0 Å². The van der Waals surface area contributed by atoms with E-state index in [-0.39, 0.29) is 30.3 Å². The summed E-state index contributed by atoms with van der Waals surface area (Å²) in [4.78, 5) is 25.1. The smallest absolute Gasteiger partial charge is 0.303 e. The Kier molecular flexibility index (Phi) is 3.22. The molecule has 6 nitrogen and oxygen atoms in total. The number of carboxylic acid groups (broad SMARTS) is 1. The highest BCUT2D eigenvalue weighted by Crippen LogP contribution is 2.40. The van der Waals surface area contributed by atoms with E-state index < -0.39 is 5.97 Å². The average Bonchev–Trinajstić information content (AvgIpc) is 2.95. The number of aromatic nitrogens is 2. The van der Waals surface area contributed by atoms with Gasteiger partial charge in [0.25, 0.3) is 5.91 Å². The summed E-state index contributed by atoms with van der Waals surface area (Å²) in [6.45, 7) is 0. The Morgan fingerprint density at radius 2 is 2.05 bits per heavy atom. The van der Waals surface area contributed by atoms with Crippen LogP contribution in [0.3, 0.4) is 0 Å². The maximum Gasteiger partial charge on any atom is 0.303 e. The summed E-state index contributed by atoms with van der Waals surface area (Å²) < 4.78 is 7.87. The van der Waals surface area contributed by atoms with Crippen molar-refractivity contribution in [3.63, 3.8) is 0 Å². The number of rotatable bonds is 3. The molecule has 0 spiro atoms. The van der Waals surface area contributed by atoms with Crippen LogP contribution in [0.25, 0.3) is 0 Å². The molecule has 3 rings (SSSR count). The van der Waals surface area contributed by atoms with Crippen molar-refractivity contribution >= 4 is 23.6 Å². The molecule has 0 aliphatic carbocycles. The lowest BCUT2D eigenvalue weighted by molar-refractivity contribution is -0.138. The normalized spacial score (nSPS) is 29.5. The Bertz CT molecular complexity index is 476. The van der Waals surface area contributed by atoms with Gasteiger partial charge >= 0.3 is 5.97 Å². The molecule has 1 N–H and O–H groups in total. The number of hydrogen-bond acceptors (Lipinski definition) is 5. The zero-order valence-electron chi connectivity index (χ0n) is 10.4. The van der Waals surface area contributed by atoms with Crippen molar-refractivity contribution in [2.24, 2.45) is 5.92 Å². The number of nitrogens with zero attached hydrogens (tertiary/aromatic N) is 3. The highest BCUT2D eigenvalue weighted by molar-refractivity contribution is 6.99. The van der Waals surface area contributed by atoms with E-state index in [0.29, 0.717) is 5.69 Å². The fourth-order valence-corrected chi connectivity index (χ4v) is 3.83. The van der Waals surface area contributed by atoms with Crippen LogP contribution in [0, 0.1) is 5.92 Å². The lowest BCUT2D eigenvalue weighted by Gasteiger charge is -2.38. The predicted octanol–water partition coefficient (Wildman–Crippen LogP) is 1.40. The summed E-state index contributed by atoms with van der Waals surface area (Å²) in [7, 11) is 0. The topological polar surface area (TPSA) is 83.4 Å². The van der Waals surface area contributed by atoms with Gasteiger partial charge in [0.2, 0.25) is 0 Å². The van der Waals surface area contributed by atoms with Crippen LogP contribution in [0.15, 0.2) is 6.20 Å². The standard InChI is InChI=1S/C12H15N3O3S/c16-11(17)5-7-3-8-1-2-9(4-7)15(8)12(18)10-6-13-19-14-10/h6-9H,1-5H2,(H,16,17). The largest absolute Gasteiger partial charge is 0.481 e. The molecule has 2 aliphatic rings. The van der Waals surface area contributed by atoms with Crippen molar-refractivity contribution in [2.75, 3.05) is 0 Å². The first-order valence-corrected chi connectivity index (χ1v) is 7.20. The zero-order chi connectivity index (χ0) is 13.4. The highest BCUT2D eigenvalue weighted by Gasteiger charge is 2.44. The molecule has 2 bridgehead atoms. The zero-order valence-corrected chi connectivity index (χ0v) is 11.2. The Morgan fingerprint density at radius 3 is 2.58 bits per heavy atom. The second-order valence-corrected chi connectivity index (χ2v) is 5.88. The van der Waals surface area contributed by atoms with E-state index in [1.165, 1.54) is 6.20 Å². The quantitative estimate of drug-likeness (QED) is 0.905. The minimum atomic E-state index is -0.743. The molecule has 2 fully saturated rings. The van der Waals surface area contributed by atoms with Gasteiger partial charge < -0.3 is 10.0 Å². The van der Waals surface area contributed by atoms with Crippen molar-refractivity contribution in [2.45, 2.75) is 44.2 Å². The van der Waals surface area contributed by atoms with Crippen LogP contribution in [-0.4, -0.2) is 42.7 Å². The molecule has 1 aromatic heterocycles. The number of aliphatic carboxylic acids is 1. The maximum absolute atomic E-state index is 12.4. The van der Waals surface area contributed by atoms with Gasteiger partial charge in [-0.1, -0.05) is 0 Å². The van der Waals surface area contributed by atoms with Crippen LogP contribution >= 0.6 is 11.7 Å². The van der Waals surface area contributed by atoms with Gasteiger partial charge in [0, 0.05) is 18.5 Å². The van der Waals surface area contributed by atoms with Crippen molar-refractivity contribution in [1.82, 2.24) is 13.6 Å². The summed E-state index contributed by atoms with van der Waals surface area (Å²) in [5, 5.41) is 8.89. The summed E-state index contributed by atoms with van der Waals surface area (Å²) in [5.74, 6) is -0.587. The number of carboxylic acids is 1. The number of amides is 1. The molecule has 1 aromatic rings. The first kappa shape index (κ1) is 12.5. The molecule has 1 amide bonds. The molecule has 3 heterocycles. The molecule has 2 aliphatic heterocycles. The van der Waals surface area contributed by atoms with Crippen molar-refractivity contribution in [3.05, 3.63) is 11.9 Å². The second kappa shape index (κ2) is 4.88. The average molecular weight is 281 g/mol. The fourth-order valence-electron chi connectivity index (χ4n) is 3.43. The lowest BCUT2D eigenvalue weighted by Crippen LogP contribution is -2.47. The molecule has 102 valence electrons. The van der Waals surface area contributed by atoms with Gasteiger partial charge in [-0.3, -0.25) is 9.59 Å². The first-order valence-electron chi connectivity index (χ1n) is 6.47. The van der Waals surface area contributed by atoms with Crippen molar-refractivity contribution < 1.29 is 14.7 Å². The van der Waals surface area contributed by atoms with Crippen LogP contribution in [-0.2, 0) is 4.79 Å². The van der Waals surface area contributed by atoms with E-state index in [2.05, 4.69) is 8.75 Å². The lowest BCUT2D eigenvalue weighted by atomic mass is 9.88. The molecule has 2 saturated heterocycles. The molecule has 0 radical (unpaired) electrons. The molecule has 0 saturated carbocycles. The molecular weight excluding hydrogens is 266 g/mol. The molecular formula is C12H15N3O3S. The van der Waals surface area contributed by atoms with Gasteiger partial charge in [0.1, 0.15) is 0 Å². The van der Waals surface area contributed by atoms with Crippen molar-refractivity contribution in [1.29, 1.82) is 0 Å². The minimum Gasteiger partial charge on any atom is -0.481 e. The van der Waals surface area contributed by atoms with Crippen LogP contribution in [0.2, 0.25) is 0 Å². The first-order chi connectivity index (χ1) is 9.15. The SMILES string of the molecule is O=C(O)CC1CC2CCC(C1)N2C(=O)c1cnsn1. The maximum atomic E-state index is 12.4. The van der Waals surface area contributed by atoms with E-state index in [1.807, 2.05) is 4.90 Å². The Balaban J connectivity index is 1.73. The number of piperidine rings is 1. The molecule has 0 aromatic carbocycles. The summed E-state index contributed by atoms with van der Waals surface area (Å²) in [5.41, 5.74) is 0.415. The van der Waals surface area contributed by atoms with E-state index >= 15 is 0 Å². The third-order valence-corrected chi connectivity index (χ3v) is 4.59. The van der Waals surface area contributed by atoms with Crippen molar-refractivity contribution in [3.8, 4) is 0 Å². The monoisotopic (exact) mass is 281 g/mol.